The molecule has 3 aromatic rings. The van der Waals surface area contributed by atoms with Gasteiger partial charge in [-0.25, -0.2) is 9.69 Å². The molecule has 1 fully saturated rings. The molecule has 0 atom stereocenters. The topological polar surface area (TPSA) is 119 Å². The van der Waals surface area contributed by atoms with E-state index in [1.165, 1.54) is 24.3 Å². The summed E-state index contributed by atoms with van der Waals surface area (Å²) in [6.07, 6.45) is 1.30. The minimum atomic E-state index is -1.00. The van der Waals surface area contributed by atoms with Crippen molar-refractivity contribution in [3.63, 3.8) is 0 Å². The third kappa shape index (κ3) is 4.64. The molecule has 0 saturated carbocycles. The number of barbiturate groups is 1. The van der Waals surface area contributed by atoms with Gasteiger partial charge in [-0.2, -0.15) is 0 Å². The Balaban J connectivity index is 1.66. The monoisotopic (exact) mass is 477 g/mol. The first kappa shape index (κ1) is 22.7. The number of amides is 4. The second kappa shape index (κ2) is 9.55. The van der Waals surface area contributed by atoms with Crippen molar-refractivity contribution in [3.8, 4) is 5.75 Å². The molecule has 9 nitrogen and oxygen atoms in total. The molecule has 4 amide bonds. The Morgan fingerprint density at radius 1 is 1.00 bits per heavy atom. The molecule has 3 aromatic carbocycles. The molecule has 0 radical (unpaired) electrons. The maximum absolute atomic E-state index is 13.1. The largest absolute Gasteiger partial charge is 0.488 e. The first-order chi connectivity index (χ1) is 16.3. The molecule has 1 aliphatic heterocycles. The fraction of sp³-hybridized carbons (Fsp3) is 0.0417. The number of carbonyl (C=O) groups excluding carboxylic acids is 3. The zero-order valence-electron chi connectivity index (χ0n) is 17.4. The highest BCUT2D eigenvalue weighted by atomic mass is 35.5. The average Bonchev–Trinajstić information content (AvgIpc) is 2.82. The van der Waals surface area contributed by atoms with Crippen molar-refractivity contribution in [2.75, 3.05) is 4.90 Å². The molecule has 10 heteroatoms. The molecular weight excluding hydrogens is 462 g/mol. The third-order valence-electron chi connectivity index (χ3n) is 4.96. The Morgan fingerprint density at radius 2 is 1.74 bits per heavy atom. The van der Waals surface area contributed by atoms with E-state index in [0.29, 0.717) is 21.2 Å². The number of hydrogen-bond donors (Lipinski definition) is 1. The van der Waals surface area contributed by atoms with Crippen LogP contribution in [0.1, 0.15) is 11.1 Å². The maximum Gasteiger partial charge on any atom is 0.335 e. The van der Waals surface area contributed by atoms with Gasteiger partial charge >= 0.3 is 6.03 Å². The van der Waals surface area contributed by atoms with Crippen molar-refractivity contribution in [2.45, 2.75) is 6.61 Å². The number of anilines is 1. The van der Waals surface area contributed by atoms with Gasteiger partial charge in [0.15, 0.2) is 0 Å². The molecule has 4 rings (SSSR count). The number of halogens is 1. The van der Waals surface area contributed by atoms with E-state index in [1.807, 2.05) is 12.1 Å². The van der Waals surface area contributed by atoms with Crippen LogP contribution >= 0.6 is 11.6 Å². The van der Waals surface area contributed by atoms with Crippen LogP contribution in [-0.4, -0.2) is 22.8 Å². The molecule has 0 spiro atoms. The third-order valence-corrected chi connectivity index (χ3v) is 5.33. The lowest BCUT2D eigenvalue weighted by Gasteiger charge is -2.26. The highest BCUT2D eigenvalue weighted by Crippen LogP contribution is 2.28. The minimum absolute atomic E-state index is 0.0432. The number of imide groups is 2. The number of ether oxygens (including phenoxy) is 1. The number of nitrogens with zero attached hydrogens (tertiary/aromatic N) is 2. The highest BCUT2D eigenvalue weighted by molar-refractivity contribution is 6.39. The van der Waals surface area contributed by atoms with E-state index >= 15 is 0 Å². The smallest absolute Gasteiger partial charge is 0.335 e. The van der Waals surface area contributed by atoms with Gasteiger partial charge in [0.05, 0.1) is 10.6 Å². The molecule has 0 aliphatic carbocycles. The van der Waals surface area contributed by atoms with Gasteiger partial charge in [0.2, 0.25) is 0 Å². The highest BCUT2D eigenvalue weighted by Gasteiger charge is 2.37. The van der Waals surface area contributed by atoms with Gasteiger partial charge in [-0.15, -0.1) is 0 Å². The van der Waals surface area contributed by atoms with Gasteiger partial charge in [0.25, 0.3) is 17.5 Å². The number of urea groups is 1. The molecule has 34 heavy (non-hydrogen) atoms. The van der Waals surface area contributed by atoms with Crippen LogP contribution in [0.2, 0.25) is 5.02 Å². The molecule has 0 unspecified atom stereocenters. The lowest BCUT2D eigenvalue weighted by molar-refractivity contribution is -0.384. The van der Waals surface area contributed by atoms with Gasteiger partial charge in [-0.05, 0) is 24.3 Å². The molecule has 1 saturated heterocycles. The van der Waals surface area contributed by atoms with Gasteiger partial charge in [0, 0.05) is 28.3 Å². The average molecular weight is 478 g/mol. The van der Waals surface area contributed by atoms with Crippen molar-refractivity contribution < 1.29 is 24.0 Å². The maximum atomic E-state index is 13.1. The van der Waals surface area contributed by atoms with Crippen LogP contribution in [-0.2, 0) is 16.2 Å². The summed E-state index contributed by atoms with van der Waals surface area (Å²) in [4.78, 5) is 49.1. The fourth-order valence-corrected chi connectivity index (χ4v) is 3.49. The summed E-state index contributed by atoms with van der Waals surface area (Å²) < 4.78 is 5.86. The number of benzene rings is 3. The molecule has 0 aromatic heterocycles. The van der Waals surface area contributed by atoms with Crippen molar-refractivity contribution in [1.82, 2.24) is 5.32 Å². The molecule has 1 aliphatic rings. The lowest BCUT2D eigenvalue weighted by atomic mass is 10.1. The Hall–Kier alpha value is -4.50. The zero-order valence-corrected chi connectivity index (χ0v) is 18.2. The SMILES string of the molecule is O=C1NC(=O)N(c2cccc([N+](=O)[O-])c2)C(=O)/C1=C/c1ccccc1OCc1ccccc1Cl. The van der Waals surface area contributed by atoms with E-state index in [4.69, 9.17) is 16.3 Å². The normalized spacial score (nSPS) is 14.8. The Bertz CT molecular complexity index is 1350. The summed E-state index contributed by atoms with van der Waals surface area (Å²) in [5.41, 5.74) is 0.485. The first-order valence-electron chi connectivity index (χ1n) is 9.96. The van der Waals surface area contributed by atoms with Crippen LogP contribution < -0.4 is 15.0 Å². The van der Waals surface area contributed by atoms with E-state index in [0.717, 1.165) is 11.6 Å². The predicted octanol–water partition coefficient (Wildman–Crippen LogP) is 4.49. The summed E-state index contributed by atoms with van der Waals surface area (Å²) in [5, 5.41) is 13.7. The number of nitrogens with one attached hydrogen (secondary N) is 1. The van der Waals surface area contributed by atoms with Crippen LogP contribution in [0.4, 0.5) is 16.2 Å². The van der Waals surface area contributed by atoms with Crippen molar-refractivity contribution >= 4 is 46.9 Å². The summed E-state index contributed by atoms with van der Waals surface area (Å²) >= 11 is 6.17. The molecule has 0 bridgehead atoms. The number of para-hydroxylation sites is 1. The van der Waals surface area contributed by atoms with Crippen LogP contribution in [0, 0.1) is 10.1 Å². The summed E-state index contributed by atoms with van der Waals surface area (Å²) in [7, 11) is 0. The predicted molar refractivity (Wildman–Crippen MR) is 124 cm³/mol. The van der Waals surface area contributed by atoms with Gasteiger partial charge in [-0.3, -0.25) is 25.0 Å². The van der Waals surface area contributed by atoms with Crippen LogP contribution in [0.3, 0.4) is 0 Å². The van der Waals surface area contributed by atoms with Gasteiger partial charge in [-0.1, -0.05) is 54.1 Å². The number of hydrogen-bond acceptors (Lipinski definition) is 6. The zero-order chi connectivity index (χ0) is 24.2. The van der Waals surface area contributed by atoms with E-state index in [-0.39, 0.29) is 23.6 Å². The summed E-state index contributed by atoms with van der Waals surface area (Å²) in [6.45, 7) is 0.151. The van der Waals surface area contributed by atoms with Crippen molar-refractivity contribution in [1.29, 1.82) is 0 Å². The van der Waals surface area contributed by atoms with E-state index in [1.54, 1.807) is 36.4 Å². The Kier molecular flexibility index (Phi) is 6.37. The lowest BCUT2D eigenvalue weighted by Crippen LogP contribution is -2.54. The molecule has 1 N–H and O–H groups in total. The summed E-state index contributed by atoms with van der Waals surface area (Å²) in [6, 6.07) is 17.9. The molecular formula is C24H16ClN3O6. The minimum Gasteiger partial charge on any atom is -0.488 e. The standard InChI is InChI=1S/C24H16ClN3O6/c25-20-10-3-1-7-16(20)14-34-21-11-4-2-6-15(21)12-19-22(29)26-24(31)27(23(19)30)17-8-5-9-18(13-17)28(32)33/h1-13H,14H2,(H,26,29,31)/b19-12+. The molecule has 170 valence electrons. The number of nitro groups is 1. The molecule has 1 heterocycles. The Morgan fingerprint density at radius 3 is 2.50 bits per heavy atom. The number of carbonyl (C=O) groups is 3. The van der Waals surface area contributed by atoms with Crippen molar-refractivity contribution in [3.05, 3.63) is 105 Å². The van der Waals surface area contributed by atoms with Gasteiger partial charge in [0.1, 0.15) is 17.9 Å². The second-order valence-electron chi connectivity index (χ2n) is 7.15. The van der Waals surface area contributed by atoms with Crippen LogP contribution in [0.15, 0.2) is 78.4 Å². The van der Waals surface area contributed by atoms with E-state index < -0.39 is 22.8 Å². The van der Waals surface area contributed by atoms with E-state index in [9.17, 15) is 24.5 Å². The fourth-order valence-electron chi connectivity index (χ4n) is 3.30. The Labute approximate surface area is 198 Å². The number of non-ortho nitro benzene ring substituents is 1. The van der Waals surface area contributed by atoms with Crippen LogP contribution in [0.25, 0.3) is 6.08 Å². The van der Waals surface area contributed by atoms with Crippen molar-refractivity contribution in [2.24, 2.45) is 0 Å². The number of nitro benzene ring substituents is 1. The first-order valence-corrected chi connectivity index (χ1v) is 10.3. The second-order valence-corrected chi connectivity index (χ2v) is 7.56. The van der Waals surface area contributed by atoms with Crippen LogP contribution in [0.5, 0.6) is 5.75 Å². The van der Waals surface area contributed by atoms with E-state index in [2.05, 4.69) is 5.32 Å². The quantitative estimate of drug-likeness (QED) is 0.242. The number of rotatable bonds is 6. The van der Waals surface area contributed by atoms with Gasteiger partial charge < -0.3 is 4.74 Å². The summed E-state index contributed by atoms with van der Waals surface area (Å²) in [5.74, 6) is -1.43.